The maximum absolute atomic E-state index is 7.96. The van der Waals surface area contributed by atoms with Crippen LogP contribution in [0.1, 0.15) is 256 Å². The molecule has 1 aromatic heterocycles. The molecule has 8 aliphatic carbocycles. The van der Waals surface area contributed by atoms with Crippen molar-refractivity contribution in [3.05, 3.63) is 122 Å². The van der Waals surface area contributed by atoms with E-state index < -0.39 is 0 Å². The monoisotopic (exact) mass is 1050 g/mol. The van der Waals surface area contributed by atoms with Crippen molar-refractivity contribution in [2.75, 3.05) is 9.80 Å². The number of anilines is 6. The average molecular weight is 1050 g/mol. The van der Waals surface area contributed by atoms with Crippen molar-refractivity contribution >= 4 is 68.4 Å². The molecule has 0 radical (unpaired) electrons. The summed E-state index contributed by atoms with van der Waals surface area (Å²) in [5, 5.41) is 1.28. The lowest BCUT2D eigenvalue weighted by Crippen LogP contribution is -2.61. The summed E-state index contributed by atoms with van der Waals surface area (Å²) in [6.45, 7) is 42.5. The lowest BCUT2D eigenvalue weighted by molar-refractivity contribution is -0.00514. The van der Waals surface area contributed by atoms with E-state index in [2.05, 4.69) is 194 Å². The van der Waals surface area contributed by atoms with Gasteiger partial charge in [-0.2, -0.15) is 0 Å². The van der Waals surface area contributed by atoms with Gasteiger partial charge >= 0.3 is 0 Å². The first-order chi connectivity index (χ1) is 36.9. The highest BCUT2D eigenvalue weighted by molar-refractivity contribution is 7.00. The molecule has 4 bridgehead atoms. The van der Waals surface area contributed by atoms with Gasteiger partial charge in [0.25, 0.3) is 6.71 Å². The van der Waals surface area contributed by atoms with Gasteiger partial charge in [-0.05, 0) is 278 Å². The predicted octanol–water partition coefficient (Wildman–Crippen LogP) is 18.7. The van der Waals surface area contributed by atoms with Crippen LogP contribution in [-0.4, -0.2) is 6.71 Å². The molecule has 0 unspecified atom stereocenters. The summed E-state index contributed by atoms with van der Waals surface area (Å²) in [6.07, 6.45) is 17.8. The van der Waals surface area contributed by atoms with Crippen molar-refractivity contribution in [2.24, 2.45) is 17.8 Å². The second-order valence-electron chi connectivity index (χ2n) is 33.9. The molecular weight excluding hydrogens is 956 g/mol. The zero-order valence-electron chi connectivity index (χ0n) is 51.9. The maximum atomic E-state index is 7.96. The van der Waals surface area contributed by atoms with Crippen LogP contribution in [0, 0.1) is 24.7 Å². The quantitative estimate of drug-likeness (QED) is 0.164. The van der Waals surface area contributed by atoms with Gasteiger partial charge < -0.3 is 14.2 Å². The molecule has 0 N–H and O–H groups in total. The van der Waals surface area contributed by atoms with E-state index in [9.17, 15) is 0 Å². The summed E-state index contributed by atoms with van der Waals surface area (Å²) in [6, 6.07) is 29.4. The van der Waals surface area contributed by atoms with E-state index in [4.69, 9.17) is 4.42 Å². The molecule has 4 saturated carbocycles. The van der Waals surface area contributed by atoms with E-state index in [0.717, 1.165) is 29.0 Å². The molecule has 10 aliphatic rings. The lowest BCUT2D eigenvalue weighted by Gasteiger charge is -2.57. The zero-order valence-corrected chi connectivity index (χ0v) is 51.9. The largest absolute Gasteiger partial charge is 0.468 e. The van der Waals surface area contributed by atoms with Gasteiger partial charge in [0.1, 0.15) is 5.58 Å². The number of rotatable bonds is 3. The molecular formula is C75H93BN2O. The summed E-state index contributed by atoms with van der Waals surface area (Å²) < 4.78 is 7.96. The fourth-order valence-corrected chi connectivity index (χ4v) is 19.6. The summed E-state index contributed by atoms with van der Waals surface area (Å²) in [5.41, 5.74) is 28.9. The molecule has 0 saturated heterocycles. The smallest absolute Gasteiger partial charge is 0.297 e. The van der Waals surface area contributed by atoms with Gasteiger partial charge in [-0.3, -0.25) is 0 Å². The van der Waals surface area contributed by atoms with Crippen LogP contribution in [0.5, 0.6) is 0 Å². The highest BCUT2D eigenvalue weighted by Gasteiger charge is 2.55. The Balaban J connectivity index is 1.11. The van der Waals surface area contributed by atoms with E-state index in [0.29, 0.717) is 0 Å². The van der Waals surface area contributed by atoms with Crippen molar-refractivity contribution in [1.29, 1.82) is 0 Å². The lowest BCUT2D eigenvalue weighted by atomic mass is 9.35. The summed E-state index contributed by atoms with van der Waals surface area (Å²) in [5.74, 6) is 2.50. The Morgan fingerprint density at radius 1 is 0.418 bits per heavy atom. The van der Waals surface area contributed by atoms with E-state index in [1.54, 1.807) is 11.1 Å². The Kier molecular flexibility index (Phi) is 10.2. The van der Waals surface area contributed by atoms with Gasteiger partial charge in [-0.25, -0.2) is 0 Å². The molecule has 3 nitrogen and oxygen atoms in total. The van der Waals surface area contributed by atoms with Crippen molar-refractivity contribution in [3.8, 4) is 0 Å². The van der Waals surface area contributed by atoms with Crippen LogP contribution in [0.25, 0.3) is 11.0 Å². The van der Waals surface area contributed by atoms with Crippen molar-refractivity contribution in [1.82, 2.24) is 0 Å². The van der Waals surface area contributed by atoms with Crippen LogP contribution in [-0.2, 0) is 48.7 Å². The number of hydrogen-bond acceptors (Lipinski definition) is 3. The summed E-state index contributed by atoms with van der Waals surface area (Å²) in [4.78, 5) is 5.68. The molecule has 0 atom stereocenters. The van der Waals surface area contributed by atoms with Gasteiger partial charge in [0, 0.05) is 33.8 Å². The highest BCUT2D eigenvalue weighted by atomic mass is 16.3. The molecule has 4 fully saturated rings. The Bertz CT molecular complexity index is 3620. The third kappa shape index (κ3) is 7.09. The Morgan fingerprint density at radius 2 is 0.835 bits per heavy atom. The topological polar surface area (TPSA) is 19.6 Å². The predicted molar refractivity (Wildman–Crippen MR) is 336 cm³/mol. The van der Waals surface area contributed by atoms with E-state index in [1.807, 2.05) is 0 Å². The standard InChI is InChI=1S/C75H93BN2O/c1-43-28-51-55(72(12,13)25-22-68(51,4)5)37-59(43)78-60-38-56-54(71(10,11)24-26-73(56,14)15)36-58(60)76-64-61(32-47(33-62(64)78)75-40-44-29-45(41-75)31-46(30-44)42-75)77(48-18-19-50-52(34-48)69(6,7)21-20-67(50,2)3)65-49-35-53-57(39-63(49)79-66(65)76)74(16,17)27-23-70(53,8)9/h18-19,28,32-39,44-46H,20-27,29-31,40-42H2,1-17H3. The van der Waals surface area contributed by atoms with Gasteiger partial charge in [-0.1, -0.05) is 129 Å². The Morgan fingerprint density at radius 3 is 1.35 bits per heavy atom. The van der Waals surface area contributed by atoms with Crippen molar-refractivity contribution in [2.45, 2.75) is 256 Å². The second-order valence-corrected chi connectivity index (χ2v) is 33.9. The molecule has 5 aromatic carbocycles. The van der Waals surface area contributed by atoms with Crippen LogP contribution in [0.2, 0.25) is 0 Å². The third-order valence-corrected chi connectivity index (χ3v) is 24.8. The first-order valence-electron chi connectivity index (χ1n) is 31.8. The highest BCUT2D eigenvalue weighted by Crippen LogP contribution is 2.63. The van der Waals surface area contributed by atoms with E-state index >= 15 is 0 Å². The third-order valence-electron chi connectivity index (χ3n) is 24.8. The fourth-order valence-electron chi connectivity index (χ4n) is 19.6. The Hall–Kier alpha value is -4.70. The molecule has 16 rings (SSSR count). The number of benzene rings is 5. The molecule has 2 aliphatic heterocycles. The number of hydrogen-bond donors (Lipinski definition) is 0. The minimum absolute atomic E-state index is 0.0326. The van der Waals surface area contributed by atoms with Gasteiger partial charge in [-0.15, -0.1) is 0 Å². The number of fused-ring (bicyclic) bond motifs is 10. The fraction of sp³-hybridized carbons (Fsp3) is 0.573. The van der Waals surface area contributed by atoms with Crippen molar-refractivity contribution in [3.63, 3.8) is 0 Å². The van der Waals surface area contributed by atoms with Crippen LogP contribution in [0.3, 0.4) is 0 Å². The second kappa shape index (κ2) is 15.7. The van der Waals surface area contributed by atoms with Crippen molar-refractivity contribution < 1.29 is 4.42 Å². The molecule has 3 heterocycles. The van der Waals surface area contributed by atoms with Gasteiger partial charge in [0.2, 0.25) is 0 Å². The first kappa shape index (κ1) is 51.2. The van der Waals surface area contributed by atoms with Crippen LogP contribution in [0.15, 0.2) is 71.1 Å². The van der Waals surface area contributed by atoms with E-state index in [1.165, 1.54) is 185 Å². The molecule has 4 heteroatoms. The van der Waals surface area contributed by atoms with Gasteiger partial charge in [0.05, 0.1) is 11.3 Å². The molecule has 79 heavy (non-hydrogen) atoms. The Labute approximate surface area is 476 Å². The minimum atomic E-state index is -0.0918. The average Bonchev–Trinajstić information content (AvgIpc) is 2.40. The maximum Gasteiger partial charge on any atom is 0.297 e. The zero-order chi connectivity index (χ0) is 55.5. The van der Waals surface area contributed by atoms with Crippen LogP contribution >= 0.6 is 0 Å². The summed E-state index contributed by atoms with van der Waals surface area (Å²) >= 11 is 0. The number of nitrogens with zero attached hydrogens (tertiary/aromatic N) is 2. The minimum Gasteiger partial charge on any atom is -0.468 e. The van der Waals surface area contributed by atoms with Crippen LogP contribution in [0.4, 0.5) is 34.1 Å². The number of aryl methyl sites for hydroxylation is 1. The molecule has 0 spiro atoms. The molecule has 6 aromatic rings. The van der Waals surface area contributed by atoms with Crippen LogP contribution < -0.4 is 26.4 Å². The van der Waals surface area contributed by atoms with Gasteiger partial charge in [0.15, 0.2) is 0 Å². The first-order valence-corrected chi connectivity index (χ1v) is 31.8. The van der Waals surface area contributed by atoms with E-state index in [-0.39, 0.29) is 55.4 Å². The summed E-state index contributed by atoms with van der Waals surface area (Å²) in [7, 11) is 0. The number of furan rings is 1. The SMILES string of the molecule is Cc1cc2c(cc1N1c3cc4c(cc3B3c5oc6cc7c(cc6c5N(c5ccc6c(c5)C(C)(C)CCC6(C)C)c5cc(C68CC9CC(CC(C9)C6)C8)cc1c53)C(C)(C)CCC7(C)C)C(C)(C)CCC4(C)C)C(C)(C)CCC2(C)C. The molecule has 412 valence electrons. The molecule has 0 amide bonds. The normalized spacial score (nSPS) is 28.5.